The second-order valence-corrected chi connectivity index (χ2v) is 6.76. The Labute approximate surface area is 169 Å². The van der Waals surface area contributed by atoms with Gasteiger partial charge in [-0.15, -0.1) is 0 Å². The number of amides is 1. The van der Waals surface area contributed by atoms with Crippen LogP contribution in [0.25, 0.3) is 0 Å². The molecule has 29 heavy (non-hydrogen) atoms. The zero-order chi connectivity index (χ0) is 20.8. The number of ether oxygens (including phenoxy) is 2. The lowest BCUT2D eigenvalue weighted by Crippen LogP contribution is -2.48. The molecule has 0 aliphatic carbocycles. The molecule has 0 N–H and O–H groups in total. The molecule has 8 nitrogen and oxygen atoms in total. The van der Waals surface area contributed by atoms with E-state index in [9.17, 15) is 14.9 Å². The van der Waals surface area contributed by atoms with E-state index in [0.717, 1.165) is 6.54 Å². The Morgan fingerprint density at radius 3 is 2.38 bits per heavy atom. The molecule has 1 aliphatic heterocycles. The van der Waals surface area contributed by atoms with Gasteiger partial charge in [0.25, 0.3) is 11.6 Å². The van der Waals surface area contributed by atoms with Crippen molar-refractivity contribution in [2.24, 2.45) is 0 Å². The Morgan fingerprint density at radius 1 is 1.10 bits per heavy atom. The SMILES string of the molecule is CCOc1cc([N+](=O)[O-])c(C(=O)N2CCN(Cc3ccccc3)CC2)cc1OC. The van der Waals surface area contributed by atoms with Gasteiger partial charge in [-0.1, -0.05) is 30.3 Å². The second kappa shape index (κ2) is 9.38. The highest BCUT2D eigenvalue weighted by Gasteiger charge is 2.30. The zero-order valence-electron chi connectivity index (χ0n) is 16.7. The van der Waals surface area contributed by atoms with Crippen molar-refractivity contribution in [3.05, 3.63) is 63.7 Å². The number of piperazine rings is 1. The number of benzene rings is 2. The first-order valence-corrected chi connectivity index (χ1v) is 9.58. The summed E-state index contributed by atoms with van der Waals surface area (Å²) in [5.74, 6) is 0.201. The molecular formula is C21H25N3O5. The van der Waals surface area contributed by atoms with Crippen LogP contribution in [0.5, 0.6) is 11.5 Å². The van der Waals surface area contributed by atoms with Crippen LogP contribution in [0.3, 0.4) is 0 Å². The fourth-order valence-corrected chi connectivity index (χ4v) is 3.42. The van der Waals surface area contributed by atoms with Crippen molar-refractivity contribution in [2.45, 2.75) is 13.5 Å². The van der Waals surface area contributed by atoms with E-state index < -0.39 is 4.92 Å². The van der Waals surface area contributed by atoms with Crippen molar-refractivity contribution in [3.63, 3.8) is 0 Å². The Morgan fingerprint density at radius 2 is 1.79 bits per heavy atom. The highest BCUT2D eigenvalue weighted by Crippen LogP contribution is 2.35. The van der Waals surface area contributed by atoms with Crippen molar-refractivity contribution in [1.29, 1.82) is 0 Å². The molecule has 1 saturated heterocycles. The van der Waals surface area contributed by atoms with E-state index in [-0.39, 0.29) is 22.9 Å². The number of carbonyl (C=O) groups is 1. The zero-order valence-corrected chi connectivity index (χ0v) is 16.7. The number of hydrogen-bond donors (Lipinski definition) is 0. The van der Waals surface area contributed by atoms with E-state index in [4.69, 9.17) is 9.47 Å². The first kappa shape index (κ1) is 20.6. The Kier molecular flexibility index (Phi) is 6.66. The molecule has 1 amide bonds. The molecule has 0 unspecified atom stereocenters. The third-order valence-electron chi connectivity index (χ3n) is 4.92. The first-order chi connectivity index (χ1) is 14.0. The van der Waals surface area contributed by atoms with Gasteiger partial charge in [0.1, 0.15) is 5.56 Å². The third-order valence-corrected chi connectivity index (χ3v) is 4.92. The number of hydrogen-bond acceptors (Lipinski definition) is 6. The average Bonchev–Trinajstić information content (AvgIpc) is 2.74. The van der Waals surface area contributed by atoms with Crippen LogP contribution in [0.1, 0.15) is 22.8 Å². The minimum atomic E-state index is -0.555. The van der Waals surface area contributed by atoms with Crippen LogP contribution in [-0.4, -0.2) is 60.5 Å². The molecule has 1 aliphatic rings. The summed E-state index contributed by atoms with van der Waals surface area (Å²) in [5.41, 5.74) is 0.969. The lowest BCUT2D eigenvalue weighted by Gasteiger charge is -2.34. The van der Waals surface area contributed by atoms with E-state index >= 15 is 0 Å². The van der Waals surface area contributed by atoms with E-state index in [0.29, 0.717) is 38.5 Å². The third kappa shape index (κ3) is 4.83. The topological polar surface area (TPSA) is 85.1 Å². The van der Waals surface area contributed by atoms with Gasteiger partial charge in [0, 0.05) is 38.8 Å². The van der Waals surface area contributed by atoms with Gasteiger partial charge in [-0.3, -0.25) is 19.8 Å². The van der Waals surface area contributed by atoms with Gasteiger partial charge in [-0.05, 0) is 12.5 Å². The molecule has 0 saturated carbocycles. The molecule has 0 radical (unpaired) electrons. The lowest BCUT2D eigenvalue weighted by atomic mass is 10.1. The summed E-state index contributed by atoms with van der Waals surface area (Å²) in [6, 6.07) is 12.8. The van der Waals surface area contributed by atoms with E-state index in [1.165, 1.54) is 24.8 Å². The number of carbonyl (C=O) groups excluding carboxylic acids is 1. The van der Waals surface area contributed by atoms with Crippen LogP contribution in [0.2, 0.25) is 0 Å². The normalized spacial score (nSPS) is 14.5. The van der Waals surface area contributed by atoms with Gasteiger partial charge in [-0.25, -0.2) is 0 Å². The molecule has 2 aromatic carbocycles. The maximum Gasteiger partial charge on any atom is 0.286 e. The summed E-state index contributed by atoms with van der Waals surface area (Å²) < 4.78 is 10.7. The first-order valence-electron chi connectivity index (χ1n) is 9.58. The van der Waals surface area contributed by atoms with Crippen LogP contribution in [-0.2, 0) is 6.54 Å². The average molecular weight is 399 g/mol. The Bertz CT molecular complexity index is 864. The molecule has 1 fully saturated rings. The molecule has 0 bridgehead atoms. The summed E-state index contributed by atoms with van der Waals surface area (Å²) in [4.78, 5) is 28.0. The maximum atomic E-state index is 13.0. The molecule has 3 rings (SSSR count). The predicted octanol–water partition coefficient (Wildman–Crippen LogP) is 2.96. The summed E-state index contributed by atoms with van der Waals surface area (Å²) in [6.07, 6.45) is 0. The minimum Gasteiger partial charge on any atom is -0.493 e. The van der Waals surface area contributed by atoms with Gasteiger partial charge in [-0.2, -0.15) is 0 Å². The van der Waals surface area contributed by atoms with Crippen molar-refractivity contribution in [2.75, 3.05) is 39.9 Å². The predicted molar refractivity (Wildman–Crippen MR) is 108 cm³/mol. The Hall–Kier alpha value is -3.13. The number of nitro groups is 1. The highest BCUT2D eigenvalue weighted by molar-refractivity contribution is 5.99. The number of methoxy groups -OCH3 is 1. The standard InChI is InChI=1S/C21H25N3O5/c1-3-29-20-14-18(24(26)27)17(13-19(20)28-2)21(25)23-11-9-22(10-12-23)15-16-7-5-4-6-8-16/h4-8,13-14H,3,9-12,15H2,1-2H3. The summed E-state index contributed by atoms with van der Waals surface area (Å²) in [5, 5.41) is 11.6. The van der Waals surface area contributed by atoms with Crippen LogP contribution in [0, 0.1) is 10.1 Å². The van der Waals surface area contributed by atoms with Crippen molar-refractivity contribution in [1.82, 2.24) is 9.80 Å². The van der Waals surface area contributed by atoms with Gasteiger partial charge in [0.05, 0.1) is 24.7 Å². The maximum absolute atomic E-state index is 13.0. The molecule has 0 spiro atoms. The number of nitro benzene ring substituents is 1. The van der Waals surface area contributed by atoms with Crippen LogP contribution >= 0.6 is 0 Å². The quantitative estimate of drug-likeness (QED) is 0.526. The fourth-order valence-electron chi connectivity index (χ4n) is 3.42. The molecule has 1 heterocycles. The van der Waals surface area contributed by atoms with Crippen molar-refractivity contribution < 1.29 is 19.2 Å². The summed E-state index contributed by atoms with van der Waals surface area (Å²) in [6.45, 7) is 5.38. The van der Waals surface area contributed by atoms with Crippen LogP contribution < -0.4 is 9.47 Å². The van der Waals surface area contributed by atoms with Crippen LogP contribution in [0.4, 0.5) is 5.69 Å². The van der Waals surface area contributed by atoms with Crippen molar-refractivity contribution >= 4 is 11.6 Å². The molecule has 0 atom stereocenters. The van der Waals surface area contributed by atoms with E-state index in [2.05, 4.69) is 17.0 Å². The van der Waals surface area contributed by atoms with Crippen LogP contribution in [0.15, 0.2) is 42.5 Å². The van der Waals surface area contributed by atoms with Gasteiger partial charge < -0.3 is 14.4 Å². The summed E-state index contributed by atoms with van der Waals surface area (Å²) in [7, 11) is 1.44. The smallest absolute Gasteiger partial charge is 0.286 e. The molecular weight excluding hydrogens is 374 g/mol. The van der Waals surface area contributed by atoms with E-state index in [1.807, 2.05) is 18.2 Å². The minimum absolute atomic E-state index is 0.0202. The molecule has 8 heteroatoms. The highest BCUT2D eigenvalue weighted by atomic mass is 16.6. The van der Waals surface area contributed by atoms with Gasteiger partial charge in [0.15, 0.2) is 11.5 Å². The Balaban J connectivity index is 1.74. The largest absolute Gasteiger partial charge is 0.493 e. The molecule has 0 aromatic heterocycles. The van der Waals surface area contributed by atoms with Crippen molar-refractivity contribution in [3.8, 4) is 11.5 Å². The monoisotopic (exact) mass is 399 g/mol. The number of rotatable bonds is 7. The number of nitrogens with zero attached hydrogens (tertiary/aromatic N) is 3. The molecule has 2 aromatic rings. The molecule has 154 valence electrons. The van der Waals surface area contributed by atoms with Gasteiger partial charge in [0.2, 0.25) is 0 Å². The summed E-state index contributed by atoms with van der Waals surface area (Å²) >= 11 is 0. The fraction of sp³-hybridized carbons (Fsp3) is 0.381. The lowest BCUT2D eigenvalue weighted by molar-refractivity contribution is -0.385. The van der Waals surface area contributed by atoms with E-state index in [1.54, 1.807) is 11.8 Å². The van der Waals surface area contributed by atoms with Gasteiger partial charge >= 0.3 is 0 Å². The second-order valence-electron chi connectivity index (χ2n) is 6.76.